The summed E-state index contributed by atoms with van der Waals surface area (Å²) in [6.07, 6.45) is 0. The average Bonchev–Trinajstić information content (AvgIpc) is 2.72. The van der Waals surface area contributed by atoms with Gasteiger partial charge in [0, 0.05) is 11.1 Å². The second-order valence-electron chi connectivity index (χ2n) is 5.66. The molecule has 0 atom stereocenters. The van der Waals surface area contributed by atoms with Crippen LogP contribution < -0.4 is 15.6 Å². The zero-order chi connectivity index (χ0) is 19.1. The average molecular weight is 364 g/mol. The lowest BCUT2D eigenvalue weighted by atomic mass is 10.1. The first-order chi connectivity index (χ1) is 13.1. The van der Waals surface area contributed by atoms with Crippen molar-refractivity contribution in [3.05, 3.63) is 90.2 Å². The van der Waals surface area contributed by atoms with Gasteiger partial charge < -0.3 is 4.74 Å². The van der Waals surface area contributed by atoms with Crippen LogP contribution in [0.4, 0.5) is 4.39 Å². The normalized spacial score (nSPS) is 10.1. The van der Waals surface area contributed by atoms with Crippen molar-refractivity contribution in [2.45, 2.75) is 0 Å². The fourth-order valence-electron chi connectivity index (χ4n) is 2.43. The minimum absolute atomic E-state index is 0.229. The molecule has 0 radical (unpaired) electrons. The highest BCUT2D eigenvalue weighted by molar-refractivity contribution is 5.95. The van der Waals surface area contributed by atoms with Crippen molar-refractivity contribution >= 4 is 11.8 Å². The van der Waals surface area contributed by atoms with Crippen molar-refractivity contribution in [3.63, 3.8) is 0 Å². The highest BCUT2D eigenvalue weighted by atomic mass is 19.1. The summed E-state index contributed by atoms with van der Waals surface area (Å²) < 4.78 is 18.5. The predicted octanol–water partition coefficient (Wildman–Crippen LogP) is 3.33. The summed E-state index contributed by atoms with van der Waals surface area (Å²) in [4.78, 5) is 23.8. The Labute approximate surface area is 155 Å². The molecule has 0 aliphatic carbocycles. The number of carbonyl (C=O) groups is 2. The van der Waals surface area contributed by atoms with E-state index in [2.05, 4.69) is 10.9 Å². The third kappa shape index (κ3) is 4.92. The van der Waals surface area contributed by atoms with Gasteiger partial charge in [-0.3, -0.25) is 20.4 Å². The van der Waals surface area contributed by atoms with E-state index in [0.717, 1.165) is 11.1 Å². The molecule has 0 heterocycles. The largest absolute Gasteiger partial charge is 0.483 e. The van der Waals surface area contributed by atoms with Gasteiger partial charge in [-0.2, -0.15) is 0 Å². The second kappa shape index (κ2) is 8.62. The Morgan fingerprint density at radius 2 is 1.48 bits per heavy atom. The van der Waals surface area contributed by atoms with Gasteiger partial charge in [-0.15, -0.1) is 0 Å². The molecule has 0 aliphatic heterocycles. The zero-order valence-electron chi connectivity index (χ0n) is 14.3. The number of amides is 2. The van der Waals surface area contributed by atoms with Gasteiger partial charge in [-0.1, -0.05) is 48.5 Å². The van der Waals surface area contributed by atoms with Crippen LogP contribution in [-0.4, -0.2) is 18.4 Å². The summed E-state index contributed by atoms with van der Waals surface area (Å²) in [5.74, 6) is -0.953. The van der Waals surface area contributed by atoms with Crippen molar-refractivity contribution < 1.29 is 18.7 Å². The number of benzene rings is 3. The maximum Gasteiger partial charge on any atom is 0.276 e. The number of carbonyl (C=O) groups excluding carboxylic acids is 2. The summed E-state index contributed by atoms with van der Waals surface area (Å²) >= 11 is 0. The molecule has 6 heteroatoms. The lowest BCUT2D eigenvalue weighted by molar-refractivity contribution is -0.123. The highest BCUT2D eigenvalue weighted by Crippen LogP contribution is 2.29. The van der Waals surface area contributed by atoms with Crippen molar-refractivity contribution in [2.24, 2.45) is 0 Å². The number of halogens is 1. The summed E-state index contributed by atoms with van der Waals surface area (Å²) in [5.41, 5.74) is 6.59. The molecular weight excluding hydrogens is 347 g/mol. The third-order valence-corrected chi connectivity index (χ3v) is 3.75. The van der Waals surface area contributed by atoms with Crippen LogP contribution in [0.3, 0.4) is 0 Å². The van der Waals surface area contributed by atoms with E-state index in [0.29, 0.717) is 5.75 Å². The Hall–Kier alpha value is -3.67. The number of hydrogen-bond donors (Lipinski definition) is 2. The molecule has 0 unspecified atom stereocenters. The minimum atomic E-state index is -0.548. The topological polar surface area (TPSA) is 67.4 Å². The van der Waals surface area contributed by atoms with E-state index in [9.17, 15) is 14.0 Å². The monoisotopic (exact) mass is 364 g/mol. The number of para-hydroxylation sites is 1. The number of nitrogens with one attached hydrogen (secondary N) is 2. The molecule has 136 valence electrons. The van der Waals surface area contributed by atoms with E-state index in [1.807, 2.05) is 48.5 Å². The first-order valence-corrected chi connectivity index (χ1v) is 8.25. The molecule has 0 bridgehead atoms. The molecule has 0 spiro atoms. The van der Waals surface area contributed by atoms with E-state index in [1.54, 1.807) is 6.07 Å². The van der Waals surface area contributed by atoms with Gasteiger partial charge in [0.2, 0.25) is 0 Å². The first-order valence-electron chi connectivity index (χ1n) is 8.25. The molecule has 0 saturated heterocycles. The molecule has 0 aromatic heterocycles. The Morgan fingerprint density at radius 1 is 0.815 bits per heavy atom. The van der Waals surface area contributed by atoms with Crippen LogP contribution >= 0.6 is 0 Å². The fourth-order valence-corrected chi connectivity index (χ4v) is 2.43. The van der Waals surface area contributed by atoms with Crippen molar-refractivity contribution in [1.29, 1.82) is 0 Å². The molecule has 27 heavy (non-hydrogen) atoms. The number of hydrogen-bond acceptors (Lipinski definition) is 3. The summed E-state index contributed by atoms with van der Waals surface area (Å²) in [5, 5.41) is 0. The Morgan fingerprint density at radius 3 is 2.22 bits per heavy atom. The Kier molecular flexibility index (Phi) is 5.79. The standard InChI is InChI=1S/C21H17FN2O3/c22-17-12-10-16(11-13-17)21(26)24-23-20(25)14-27-19-9-5-4-8-18(19)15-6-2-1-3-7-15/h1-13H,14H2,(H,23,25)(H,24,26). The van der Waals surface area contributed by atoms with Gasteiger partial charge in [0.25, 0.3) is 11.8 Å². The van der Waals surface area contributed by atoms with Gasteiger partial charge in [0.15, 0.2) is 6.61 Å². The van der Waals surface area contributed by atoms with Crippen LogP contribution in [0, 0.1) is 5.82 Å². The summed E-state index contributed by atoms with van der Waals surface area (Å²) in [7, 11) is 0. The van der Waals surface area contributed by atoms with E-state index in [-0.39, 0.29) is 12.2 Å². The lowest BCUT2D eigenvalue weighted by Gasteiger charge is -2.12. The quantitative estimate of drug-likeness (QED) is 0.683. The molecule has 0 saturated carbocycles. The number of hydrazine groups is 1. The Balaban J connectivity index is 1.55. The van der Waals surface area contributed by atoms with Crippen molar-refractivity contribution in [3.8, 4) is 16.9 Å². The van der Waals surface area contributed by atoms with E-state index in [4.69, 9.17) is 4.74 Å². The smallest absolute Gasteiger partial charge is 0.276 e. The van der Waals surface area contributed by atoms with Gasteiger partial charge in [0.05, 0.1) is 0 Å². The molecule has 0 aliphatic rings. The fraction of sp³-hybridized carbons (Fsp3) is 0.0476. The van der Waals surface area contributed by atoms with Gasteiger partial charge >= 0.3 is 0 Å². The maximum atomic E-state index is 12.9. The maximum absolute atomic E-state index is 12.9. The highest BCUT2D eigenvalue weighted by Gasteiger charge is 2.10. The van der Waals surface area contributed by atoms with Crippen molar-refractivity contribution in [1.82, 2.24) is 10.9 Å². The predicted molar refractivity (Wildman–Crippen MR) is 99.4 cm³/mol. The molecule has 5 nitrogen and oxygen atoms in total. The molecule has 3 aromatic carbocycles. The van der Waals surface area contributed by atoms with E-state index in [1.165, 1.54) is 24.3 Å². The Bertz CT molecular complexity index is 928. The third-order valence-electron chi connectivity index (χ3n) is 3.75. The van der Waals surface area contributed by atoms with Crippen molar-refractivity contribution in [2.75, 3.05) is 6.61 Å². The summed E-state index contributed by atoms with van der Waals surface area (Å²) in [6, 6.07) is 22.0. The van der Waals surface area contributed by atoms with E-state index >= 15 is 0 Å². The number of ether oxygens (including phenoxy) is 1. The van der Waals surface area contributed by atoms with Crippen LogP contribution in [0.15, 0.2) is 78.9 Å². The molecule has 2 N–H and O–H groups in total. The van der Waals surface area contributed by atoms with Gasteiger partial charge in [-0.25, -0.2) is 4.39 Å². The van der Waals surface area contributed by atoms with Crippen LogP contribution in [-0.2, 0) is 4.79 Å². The van der Waals surface area contributed by atoms with Crippen LogP contribution in [0.5, 0.6) is 5.75 Å². The van der Waals surface area contributed by atoms with Gasteiger partial charge in [-0.05, 0) is 35.9 Å². The van der Waals surface area contributed by atoms with E-state index < -0.39 is 17.6 Å². The summed E-state index contributed by atoms with van der Waals surface area (Å²) in [6.45, 7) is -0.270. The number of rotatable bonds is 5. The molecule has 2 amide bonds. The van der Waals surface area contributed by atoms with Crippen LogP contribution in [0.1, 0.15) is 10.4 Å². The second-order valence-corrected chi connectivity index (χ2v) is 5.66. The van der Waals surface area contributed by atoms with Crippen LogP contribution in [0.25, 0.3) is 11.1 Å². The van der Waals surface area contributed by atoms with Crippen LogP contribution in [0.2, 0.25) is 0 Å². The molecule has 3 rings (SSSR count). The lowest BCUT2D eigenvalue weighted by Crippen LogP contribution is -2.43. The van der Waals surface area contributed by atoms with Gasteiger partial charge in [0.1, 0.15) is 11.6 Å². The first kappa shape index (κ1) is 18.1. The molecular formula is C21H17FN2O3. The SMILES string of the molecule is O=C(COc1ccccc1-c1ccccc1)NNC(=O)c1ccc(F)cc1. The minimum Gasteiger partial charge on any atom is -0.483 e. The zero-order valence-corrected chi connectivity index (χ0v) is 14.3. The molecule has 3 aromatic rings. The molecule has 0 fully saturated rings.